The van der Waals surface area contributed by atoms with E-state index in [1.165, 1.54) is 84.3 Å². The first-order chi connectivity index (χ1) is 14.2. The summed E-state index contributed by atoms with van der Waals surface area (Å²) in [4.78, 5) is 22.3. The molecule has 6 heteroatoms. The Morgan fingerprint density at radius 2 is 1.52 bits per heavy atom. The average Bonchev–Trinajstić information content (AvgIpc) is 3.00. The zero-order valence-corrected chi connectivity index (χ0v) is 18.9. The Hall–Kier alpha value is -0.850. The molecule has 3 fully saturated rings. The van der Waals surface area contributed by atoms with Gasteiger partial charge in [-0.15, -0.1) is 0 Å². The smallest absolute Gasteiger partial charge is 0.317 e. The van der Waals surface area contributed by atoms with Crippen molar-refractivity contribution >= 4 is 6.03 Å². The van der Waals surface area contributed by atoms with Gasteiger partial charge in [-0.1, -0.05) is 26.2 Å². The zero-order valence-electron chi connectivity index (χ0n) is 18.9. The molecule has 2 saturated heterocycles. The number of piperazine rings is 1. The Kier molecular flexibility index (Phi) is 10.0. The van der Waals surface area contributed by atoms with Crippen molar-refractivity contribution < 1.29 is 4.79 Å². The van der Waals surface area contributed by atoms with Crippen LogP contribution < -0.4 is 5.32 Å². The molecule has 2 heterocycles. The lowest BCUT2D eigenvalue weighted by molar-refractivity contribution is 0.135. The van der Waals surface area contributed by atoms with E-state index in [9.17, 15) is 4.79 Å². The number of urea groups is 1. The summed E-state index contributed by atoms with van der Waals surface area (Å²) >= 11 is 0. The SMILES string of the molecule is CCN1CCN(CCCCNC(=O)N2CCCN(CC3CCCCC3)CC2)CC1. The first-order valence-corrected chi connectivity index (χ1v) is 12.4. The molecule has 3 rings (SSSR count). The van der Waals surface area contributed by atoms with Gasteiger partial charge in [0.1, 0.15) is 0 Å². The highest BCUT2D eigenvalue weighted by Crippen LogP contribution is 2.24. The molecule has 2 aliphatic heterocycles. The highest BCUT2D eigenvalue weighted by molar-refractivity contribution is 5.74. The van der Waals surface area contributed by atoms with Gasteiger partial charge in [0.15, 0.2) is 0 Å². The highest BCUT2D eigenvalue weighted by Gasteiger charge is 2.22. The molecule has 6 nitrogen and oxygen atoms in total. The van der Waals surface area contributed by atoms with Crippen LogP contribution in [0.5, 0.6) is 0 Å². The Balaban J connectivity index is 1.24. The van der Waals surface area contributed by atoms with Gasteiger partial charge in [-0.25, -0.2) is 4.79 Å². The number of unbranched alkanes of at least 4 members (excludes halogenated alkanes) is 1. The summed E-state index contributed by atoms with van der Waals surface area (Å²) < 4.78 is 0. The van der Waals surface area contributed by atoms with Crippen LogP contribution in [0, 0.1) is 5.92 Å². The van der Waals surface area contributed by atoms with E-state index in [1.807, 2.05) is 4.90 Å². The maximum Gasteiger partial charge on any atom is 0.317 e. The molecule has 168 valence electrons. The summed E-state index contributed by atoms with van der Waals surface area (Å²) in [7, 11) is 0. The Morgan fingerprint density at radius 3 is 2.28 bits per heavy atom. The van der Waals surface area contributed by atoms with Gasteiger partial charge in [0.25, 0.3) is 0 Å². The number of nitrogens with one attached hydrogen (secondary N) is 1. The van der Waals surface area contributed by atoms with Crippen molar-refractivity contribution in [1.29, 1.82) is 0 Å². The first kappa shape index (κ1) is 22.8. The fourth-order valence-electron chi connectivity index (χ4n) is 5.19. The topological polar surface area (TPSA) is 42.1 Å². The Bertz CT molecular complexity index is 460. The van der Waals surface area contributed by atoms with Crippen LogP contribution >= 0.6 is 0 Å². The van der Waals surface area contributed by atoms with Crippen molar-refractivity contribution in [3.63, 3.8) is 0 Å². The number of carbonyl (C=O) groups is 1. The van der Waals surface area contributed by atoms with E-state index in [2.05, 4.69) is 26.9 Å². The second-order valence-electron chi connectivity index (χ2n) is 9.36. The van der Waals surface area contributed by atoms with Gasteiger partial charge in [0.2, 0.25) is 0 Å². The molecule has 1 saturated carbocycles. The van der Waals surface area contributed by atoms with Crippen LogP contribution in [0.3, 0.4) is 0 Å². The van der Waals surface area contributed by atoms with E-state index in [-0.39, 0.29) is 6.03 Å². The molecule has 0 bridgehead atoms. The maximum atomic E-state index is 12.6. The lowest BCUT2D eigenvalue weighted by atomic mass is 9.89. The van der Waals surface area contributed by atoms with E-state index in [4.69, 9.17) is 0 Å². The summed E-state index contributed by atoms with van der Waals surface area (Å²) in [5, 5.41) is 3.17. The average molecular weight is 408 g/mol. The third-order valence-corrected chi connectivity index (χ3v) is 7.21. The van der Waals surface area contributed by atoms with E-state index < -0.39 is 0 Å². The molecular weight excluding hydrogens is 362 g/mol. The van der Waals surface area contributed by atoms with Gasteiger partial charge in [-0.3, -0.25) is 0 Å². The van der Waals surface area contributed by atoms with Gasteiger partial charge in [-0.2, -0.15) is 0 Å². The van der Waals surface area contributed by atoms with Gasteiger partial charge in [0.05, 0.1) is 0 Å². The van der Waals surface area contributed by atoms with Crippen molar-refractivity contribution in [2.45, 2.75) is 58.3 Å². The van der Waals surface area contributed by atoms with Crippen molar-refractivity contribution in [3.8, 4) is 0 Å². The van der Waals surface area contributed by atoms with E-state index in [0.717, 1.165) is 51.5 Å². The number of hydrogen-bond acceptors (Lipinski definition) is 4. The fraction of sp³-hybridized carbons (Fsp3) is 0.957. The molecule has 29 heavy (non-hydrogen) atoms. The van der Waals surface area contributed by atoms with Crippen LogP contribution in [-0.4, -0.2) is 104 Å². The van der Waals surface area contributed by atoms with Gasteiger partial charge >= 0.3 is 6.03 Å². The molecule has 0 aromatic carbocycles. The summed E-state index contributed by atoms with van der Waals surface area (Å²) in [6.45, 7) is 15.5. The number of hydrogen-bond donors (Lipinski definition) is 1. The second-order valence-corrected chi connectivity index (χ2v) is 9.36. The Morgan fingerprint density at radius 1 is 0.793 bits per heavy atom. The monoisotopic (exact) mass is 407 g/mol. The predicted molar refractivity (Wildman–Crippen MR) is 120 cm³/mol. The molecule has 0 radical (unpaired) electrons. The summed E-state index contributed by atoms with van der Waals surface area (Å²) in [5.74, 6) is 0.897. The number of amides is 2. The minimum Gasteiger partial charge on any atom is -0.338 e. The van der Waals surface area contributed by atoms with Crippen molar-refractivity contribution in [2.24, 2.45) is 5.92 Å². The van der Waals surface area contributed by atoms with Crippen LogP contribution in [-0.2, 0) is 0 Å². The van der Waals surface area contributed by atoms with Crippen LogP contribution in [0.4, 0.5) is 4.79 Å². The molecule has 3 aliphatic rings. The van der Waals surface area contributed by atoms with Gasteiger partial charge < -0.3 is 24.9 Å². The molecule has 2 amide bonds. The number of rotatable bonds is 8. The van der Waals surface area contributed by atoms with Crippen LogP contribution in [0.15, 0.2) is 0 Å². The first-order valence-electron chi connectivity index (χ1n) is 12.4. The summed E-state index contributed by atoms with van der Waals surface area (Å²) in [5.41, 5.74) is 0. The zero-order chi connectivity index (χ0) is 20.3. The molecule has 0 unspecified atom stereocenters. The van der Waals surface area contributed by atoms with Crippen molar-refractivity contribution in [1.82, 2.24) is 24.9 Å². The van der Waals surface area contributed by atoms with Gasteiger partial charge in [0, 0.05) is 58.9 Å². The summed E-state index contributed by atoms with van der Waals surface area (Å²) in [6, 6.07) is 0.154. The predicted octanol–water partition coefficient (Wildman–Crippen LogP) is 2.70. The molecule has 1 aliphatic carbocycles. The Labute approximate surface area is 179 Å². The lowest BCUT2D eigenvalue weighted by Gasteiger charge is -2.34. The minimum atomic E-state index is 0.154. The maximum absolute atomic E-state index is 12.6. The molecule has 0 aromatic rings. The normalized spacial score (nSPS) is 23.8. The molecule has 1 N–H and O–H groups in total. The molecular formula is C23H45N5O. The standard InChI is InChI=1S/C23H45N5O/c1-2-25-15-17-26(18-16-25)12-7-6-11-24-23(29)28-14-8-13-27(19-20-28)21-22-9-4-3-5-10-22/h22H,2-21H2,1H3,(H,24,29). The van der Waals surface area contributed by atoms with Gasteiger partial charge in [-0.05, 0) is 57.7 Å². The van der Waals surface area contributed by atoms with Crippen LogP contribution in [0.25, 0.3) is 0 Å². The fourth-order valence-corrected chi connectivity index (χ4v) is 5.19. The van der Waals surface area contributed by atoms with Crippen molar-refractivity contribution in [2.75, 3.05) is 78.5 Å². The second kappa shape index (κ2) is 12.8. The summed E-state index contributed by atoms with van der Waals surface area (Å²) in [6.07, 6.45) is 10.5. The minimum absolute atomic E-state index is 0.154. The van der Waals surface area contributed by atoms with Crippen molar-refractivity contribution in [3.05, 3.63) is 0 Å². The number of likely N-dealkylation sites (N-methyl/N-ethyl adjacent to an activating group) is 1. The van der Waals surface area contributed by atoms with Crippen LogP contribution in [0.1, 0.15) is 58.3 Å². The number of carbonyl (C=O) groups excluding carboxylic acids is 1. The van der Waals surface area contributed by atoms with Crippen LogP contribution in [0.2, 0.25) is 0 Å². The highest BCUT2D eigenvalue weighted by atomic mass is 16.2. The largest absolute Gasteiger partial charge is 0.338 e. The lowest BCUT2D eigenvalue weighted by Crippen LogP contribution is -2.46. The molecule has 0 aromatic heterocycles. The quantitative estimate of drug-likeness (QED) is 0.628. The van der Waals surface area contributed by atoms with E-state index >= 15 is 0 Å². The molecule has 0 atom stereocenters. The third-order valence-electron chi connectivity index (χ3n) is 7.21. The molecule has 0 spiro atoms. The third kappa shape index (κ3) is 8.06. The number of nitrogens with zero attached hydrogens (tertiary/aromatic N) is 4. The van der Waals surface area contributed by atoms with E-state index in [1.54, 1.807) is 0 Å². The van der Waals surface area contributed by atoms with E-state index in [0.29, 0.717) is 0 Å².